The fourth-order valence-electron chi connectivity index (χ4n) is 2.04. The lowest BCUT2D eigenvalue weighted by molar-refractivity contribution is -0.0764. The van der Waals surface area contributed by atoms with Crippen molar-refractivity contribution in [3.05, 3.63) is 28.2 Å². The maximum absolute atomic E-state index is 12.5. The molecule has 0 aromatic heterocycles. The Kier molecular flexibility index (Phi) is 4.04. The van der Waals surface area contributed by atoms with Gasteiger partial charge < -0.3 is 9.64 Å². The van der Waals surface area contributed by atoms with Gasteiger partial charge in [-0.15, -0.1) is 12.6 Å². The molecule has 1 aromatic rings. The van der Waals surface area contributed by atoms with E-state index in [1.807, 2.05) is 30.9 Å². The molecule has 5 heteroatoms. The number of halogens is 1. The van der Waals surface area contributed by atoms with E-state index >= 15 is 0 Å². The lowest BCUT2D eigenvalue weighted by atomic mass is 10.1. The minimum absolute atomic E-state index is 0.0224. The molecule has 1 aliphatic heterocycles. The van der Waals surface area contributed by atoms with E-state index in [4.69, 9.17) is 4.74 Å². The van der Waals surface area contributed by atoms with Crippen LogP contribution in [0.2, 0.25) is 0 Å². The van der Waals surface area contributed by atoms with Crippen molar-refractivity contribution in [3.8, 4) is 0 Å². The number of hydrogen-bond donors (Lipinski definition) is 1. The number of carbonyl (C=O) groups is 1. The normalized spacial score (nSPS) is 18.8. The molecule has 0 saturated carbocycles. The summed E-state index contributed by atoms with van der Waals surface area (Å²) < 4.78 is 6.42. The number of thiol groups is 1. The van der Waals surface area contributed by atoms with Crippen LogP contribution in [-0.4, -0.2) is 36.1 Å². The van der Waals surface area contributed by atoms with Gasteiger partial charge in [-0.1, -0.05) is 0 Å². The summed E-state index contributed by atoms with van der Waals surface area (Å²) in [5.74, 6) is 0.0224. The molecule has 18 heavy (non-hydrogen) atoms. The summed E-state index contributed by atoms with van der Waals surface area (Å²) in [4.78, 5) is 15.1. The van der Waals surface area contributed by atoms with Crippen molar-refractivity contribution in [3.63, 3.8) is 0 Å². The summed E-state index contributed by atoms with van der Waals surface area (Å²) in [5, 5.41) is 0. The van der Waals surface area contributed by atoms with Gasteiger partial charge in [-0.3, -0.25) is 4.79 Å². The monoisotopic (exact) mass is 329 g/mol. The fraction of sp³-hybridized carbons (Fsp3) is 0.462. The summed E-state index contributed by atoms with van der Waals surface area (Å²) in [5.41, 5.74) is 0.374. The molecule has 1 aliphatic rings. The highest BCUT2D eigenvalue weighted by Gasteiger charge is 2.31. The SMILES string of the molecule is CC1(C)CN(C(=O)c2cc(S)ccc2Br)CCO1. The highest BCUT2D eigenvalue weighted by Crippen LogP contribution is 2.24. The van der Waals surface area contributed by atoms with E-state index < -0.39 is 0 Å². The lowest BCUT2D eigenvalue weighted by Gasteiger charge is -2.38. The van der Waals surface area contributed by atoms with E-state index in [1.165, 1.54) is 0 Å². The van der Waals surface area contributed by atoms with Gasteiger partial charge in [0, 0.05) is 22.5 Å². The smallest absolute Gasteiger partial charge is 0.255 e. The van der Waals surface area contributed by atoms with Crippen molar-refractivity contribution < 1.29 is 9.53 Å². The number of morpholine rings is 1. The second-order valence-corrected chi connectivity index (χ2v) is 6.37. The molecule has 0 atom stereocenters. The molecule has 98 valence electrons. The molecular weight excluding hydrogens is 314 g/mol. The van der Waals surface area contributed by atoms with Gasteiger partial charge in [-0.25, -0.2) is 0 Å². The topological polar surface area (TPSA) is 29.5 Å². The molecule has 0 radical (unpaired) electrons. The van der Waals surface area contributed by atoms with Crippen LogP contribution in [0.4, 0.5) is 0 Å². The fourth-order valence-corrected chi connectivity index (χ4v) is 2.66. The summed E-state index contributed by atoms with van der Waals surface area (Å²) >= 11 is 7.69. The number of benzene rings is 1. The Morgan fingerprint density at radius 1 is 1.50 bits per heavy atom. The van der Waals surface area contributed by atoms with Gasteiger partial charge in [0.2, 0.25) is 0 Å². The third-order valence-electron chi connectivity index (χ3n) is 2.89. The molecule has 0 unspecified atom stereocenters. The Hall–Kier alpha value is -0.520. The third kappa shape index (κ3) is 3.08. The highest BCUT2D eigenvalue weighted by atomic mass is 79.9. The molecule has 3 nitrogen and oxygen atoms in total. The van der Waals surface area contributed by atoms with E-state index in [0.29, 0.717) is 25.3 Å². The predicted molar refractivity (Wildman–Crippen MR) is 77.3 cm³/mol. The van der Waals surface area contributed by atoms with Crippen LogP contribution in [0.15, 0.2) is 27.6 Å². The summed E-state index contributed by atoms with van der Waals surface area (Å²) in [6.45, 7) is 5.81. The van der Waals surface area contributed by atoms with E-state index in [9.17, 15) is 4.79 Å². The number of carbonyl (C=O) groups excluding carboxylic acids is 1. The quantitative estimate of drug-likeness (QED) is 0.802. The molecule has 0 bridgehead atoms. The van der Waals surface area contributed by atoms with Gasteiger partial charge in [-0.2, -0.15) is 0 Å². The van der Waals surface area contributed by atoms with Crippen LogP contribution in [0.5, 0.6) is 0 Å². The second-order valence-electron chi connectivity index (χ2n) is 5.00. The molecule has 1 saturated heterocycles. The number of nitrogens with zero attached hydrogens (tertiary/aromatic N) is 1. The van der Waals surface area contributed by atoms with Crippen LogP contribution in [0, 0.1) is 0 Å². The molecule has 0 aliphatic carbocycles. The largest absolute Gasteiger partial charge is 0.372 e. The first-order valence-electron chi connectivity index (χ1n) is 5.81. The molecule has 1 heterocycles. The van der Waals surface area contributed by atoms with E-state index in [0.717, 1.165) is 9.37 Å². The number of hydrogen-bond acceptors (Lipinski definition) is 3. The van der Waals surface area contributed by atoms with E-state index in [2.05, 4.69) is 28.6 Å². The van der Waals surface area contributed by atoms with Crippen LogP contribution in [0.1, 0.15) is 24.2 Å². The molecule has 2 rings (SSSR count). The minimum atomic E-state index is -0.279. The van der Waals surface area contributed by atoms with Gasteiger partial charge >= 0.3 is 0 Å². The molecular formula is C13H16BrNO2S. The molecule has 0 spiro atoms. The average molecular weight is 330 g/mol. The van der Waals surface area contributed by atoms with E-state index in [-0.39, 0.29) is 11.5 Å². The van der Waals surface area contributed by atoms with Crippen molar-refractivity contribution in [2.45, 2.75) is 24.3 Å². The van der Waals surface area contributed by atoms with Crippen molar-refractivity contribution >= 4 is 34.5 Å². The van der Waals surface area contributed by atoms with Crippen molar-refractivity contribution in [2.24, 2.45) is 0 Å². The Morgan fingerprint density at radius 3 is 2.89 bits per heavy atom. The summed E-state index contributed by atoms with van der Waals surface area (Å²) in [6, 6.07) is 5.49. The Balaban J connectivity index is 2.23. The maximum atomic E-state index is 12.5. The van der Waals surface area contributed by atoms with Gasteiger partial charge in [0.15, 0.2) is 0 Å². The Labute approximate surface area is 121 Å². The molecule has 0 N–H and O–H groups in total. The van der Waals surface area contributed by atoms with Crippen molar-refractivity contribution in [1.29, 1.82) is 0 Å². The number of ether oxygens (including phenoxy) is 1. The molecule has 1 amide bonds. The van der Waals surface area contributed by atoms with Gasteiger partial charge in [0.25, 0.3) is 5.91 Å². The van der Waals surface area contributed by atoms with Crippen LogP contribution in [-0.2, 0) is 4.74 Å². The standard InChI is InChI=1S/C13H16BrNO2S/c1-13(2)8-15(5-6-17-13)12(16)10-7-9(18)3-4-11(10)14/h3-4,7,18H,5-6,8H2,1-2H3. The molecule has 1 fully saturated rings. The highest BCUT2D eigenvalue weighted by molar-refractivity contribution is 9.10. The van der Waals surface area contributed by atoms with Crippen LogP contribution in [0.3, 0.4) is 0 Å². The Bertz CT molecular complexity index is 476. The number of amides is 1. The summed E-state index contributed by atoms with van der Waals surface area (Å²) in [7, 11) is 0. The van der Waals surface area contributed by atoms with Crippen LogP contribution < -0.4 is 0 Å². The van der Waals surface area contributed by atoms with Crippen molar-refractivity contribution in [2.75, 3.05) is 19.7 Å². The van der Waals surface area contributed by atoms with Gasteiger partial charge in [-0.05, 0) is 48.0 Å². The third-order valence-corrected chi connectivity index (χ3v) is 3.86. The van der Waals surface area contributed by atoms with Gasteiger partial charge in [0.1, 0.15) is 0 Å². The van der Waals surface area contributed by atoms with E-state index in [1.54, 1.807) is 6.07 Å². The minimum Gasteiger partial charge on any atom is -0.372 e. The zero-order chi connectivity index (χ0) is 13.3. The van der Waals surface area contributed by atoms with Crippen LogP contribution in [0.25, 0.3) is 0 Å². The zero-order valence-electron chi connectivity index (χ0n) is 10.4. The first kappa shape index (κ1) is 13.9. The molecule has 1 aromatic carbocycles. The predicted octanol–water partition coefficient (Wildman–Crippen LogP) is 2.99. The lowest BCUT2D eigenvalue weighted by Crippen LogP contribution is -2.50. The average Bonchev–Trinajstić information content (AvgIpc) is 2.30. The summed E-state index contributed by atoms with van der Waals surface area (Å²) in [6.07, 6.45) is 0. The zero-order valence-corrected chi connectivity index (χ0v) is 12.9. The first-order chi connectivity index (χ1) is 8.39. The van der Waals surface area contributed by atoms with Gasteiger partial charge in [0.05, 0.1) is 17.8 Å². The maximum Gasteiger partial charge on any atom is 0.255 e. The first-order valence-corrected chi connectivity index (χ1v) is 7.05. The Morgan fingerprint density at radius 2 is 2.22 bits per heavy atom. The van der Waals surface area contributed by atoms with Crippen molar-refractivity contribution in [1.82, 2.24) is 4.90 Å². The second kappa shape index (κ2) is 5.23. The number of rotatable bonds is 1. The van der Waals surface area contributed by atoms with Crippen LogP contribution >= 0.6 is 28.6 Å².